The average Bonchev–Trinajstić information content (AvgIpc) is 2.54. The molecule has 0 fully saturated rings. The Kier molecular flexibility index (Phi) is 5.94. The minimum atomic E-state index is -0.903. The molecule has 0 saturated carbocycles. The van der Waals surface area contributed by atoms with Gasteiger partial charge in [0, 0.05) is 18.9 Å². The zero-order chi connectivity index (χ0) is 18.6. The van der Waals surface area contributed by atoms with Gasteiger partial charge in [0.2, 0.25) is 0 Å². The van der Waals surface area contributed by atoms with Gasteiger partial charge in [0.25, 0.3) is 5.69 Å². The van der Waals surface area contributed by atoms with Crippen LogP contribution >= 0.6 is 11.6 Å². The van der Waals surface area contributed by atoms with Gasteiger partial charge in [0.1, 0.15) is 11.6 Å². The van der Waals surface area contributed by atoms with Gasteiger partial charge in [0.15, 0.2) is 0 Å². The fraction of sp³-hybridized carbons (Fsp3) is 0.333. The summed E-state index contributed by atoms with van der Waals surface area (Å²) in [7, 11) is 1.47. The fourth-order valence-corrected chi connectivity index (χ4v) is 2.55. The number of ether oxygens (including phenoxy) is 2. The third-order valence-electron chi connectivity index (χ3n) is 3.51. The maximum atomic E-state index is 12.4. The molecule has 1 aliphatic rings. The zero-order valence-electron chi connectivity index (χ0n) is 13.5. The number of benzene rings is 1. The van der Waals surface area contributed by atoms with E-state index in [0.717, 1.165) is 0 Å². The molecule has 1 unspecified atom stereocenters. The van der Waals surface area contributed by atoms with Crippen LogP contribution in [0.3, 0.4) is 0 Å². The first kappa shape index (κ1) is 18.7. The van der Waals surface area contributed by atoms with Crippen LogP contribution in [0, 0.1) is 10.1 Å². The predicted molar refractivity (Wildman–Crippen MR) is 88.0 cm³/mol. The van der Waals surface area contributed by atoms with Crippen molar-refractivity contribution >= 4 is 29.3 Å². The van der Waals surface area contributed by atoms with E-state index >= 15 is 0 Å². The molecule has 2 amide bonds. The van der Waals surface area contributed by atoms with E-state index in [9.17, 15) is 19.7 Å². The number of amides is 2. The number of esters is 1. The Morgan fingerprint density at radius 2 is 2.12 bits per heavy atom. The number of hydrogen-bond donors (Lipinski definition) is 2. The first-order valence-electron chi connectivity index (χ1n) is 7.23. The monoisotopic (exact) mass is 369 g/mol. The second kappa shape index (κ2) is 7.95. The molecule has 2 rings (SSSR count). The Bertz CT molecular complexity index is 749. The number of rotatable bonds is 6. The Morgan fingerprint density at radius 3 is 2.76 bits per heavy atom. The molecule has 0 spiro atoms. The molecule has 134 valence electrons. The summed E-state index contributed by atoms with van der Waals surface area (Å²) in [5.74, 6) is -0.662. The molecule has 0 bridgehead atoms. The maximum Gasteiger partial charge on any atom is 0.338 e. The number of nitro groups is 1. The van der Waals surface area contributed by atoms with Crippen molar-refractivity contribution in [3.63, 3.8) is 0 Å². The van der Waals surface area contributed by atoms with Crippen LogP contribution in [0.4, 0.5) is 10.5 Å². The van der Waals surface area contributed by atoms with Gasteiger partial charge in [-0.1, -0.05) is 17.7 Å². The average molecular weight is 370 g/mol. The van der Waals surface area contributed by atoms with Gasteiger partial charge >= 0.3 is 12.0 Å². The van der Waals surface area contributed by atoms with Crippen molar-refractivity contribution in [1.29, 1.82) is 0 Å². The quantitative estimate of drug-likeness (QED) is 0.343. The second-order valence-corrected chi connectivity index (χ2v) is 5.57. The molecule has 0 saturated heterocycles. The minimum Gasteiger partial charge on any atom is -0.460 e. The van der Waals surface area contributed by atoms with Crippen LogP contribution in [0.25, 0.3) is 0 Å². The summed E-state index contributed by atoms with van der Waals surface area (Å²) < 4.78 is 9.93. The summed E-state index contributed by atoms with van der Waals surface area (Å²) in [4.78, 5) is 34.6. The van der Waals surface area contributed by atoms with Crippen molar-refractivity contribution < 1.29 is 24.0 Å². The molecule has 1 heterocycles. The van der Waals surface area contributed by atoms with Crippen molar-refractivity contribution in [1.82, 2.24) is 10.6 Å². The molecule has 2 N–H and O–H groups in total. The van der Waals surface area contributed by atoms with Crippen molar-refractivity contribution in [2.24, 2.45) is 0 Å². The number of nitrogens with one attached hydrogen (secondary N) is 2. The van der Waals surface area contributed by atoms with E-state index in [1.807, 2.05) is 0 Å². The Balaban J connectivity index is 2.40. The van der Waals surface area contributed by atoms with Crippen LogP contribution in [-0.4, -0.2) is 37.2 Å². The standard InChI is InChI=1S/C15H16ClN3O6/c1-8-12(14(20)25-6-5-24-2)13(18-15(21)17-8)9-3-4-10(16)11(7-9)19(22)23/h3-4,7,13H,5-6H2,1-2H3,(H2,17,18,21). The first-order chi connectivity index (χ1) is 11.8. The normalized spacial score (nSPS) is 16.9. The number of nitro benzene ring substituents is 1. The van der Waals surface area contributed by atoms with E-state index in [0.29, 0.717) is 11.3 Å². The van der Waals surface area contributed by atoms with E-state index in [1.165, 1.54) is 25.3 Å². The number of allylic oxidation sites excluding steroid dienone is 1. The highest BCUT2D eigenvalue weighted by atomic mass is 35.5. The molecule has 1 aromatic carbocycles. The van der Waals surface area contributed by atoms with E-state index in [1.54, 1.807) is 6.92 Å². The molecule has 0 aliphatic carbocycles. The third kappa shape index (κ3) is 4.25. The van der Waals surface area contributed by atoms with Gasteiger partial charge in [-0.05, 0) is 18.6 Å². The number of hydrogen-bond acceptors (Lipinski definition) is 6. The van der Waals surface area contributed by atoms with Gasteiger partial charge in [-0.3, -0.25) is 10.1 Å². The van der Waals surface area contributed by atoms with Crippen LogP contribution in [0.5, 0.6) is 0 Å². The van der Waals surface area contributed by atoms with Gasteiger partial charge in [-0.15, -0.1) is 0 Å². The molecule has 1 aromatic rings. The summed E-state index contributed by atoms with van der Waals surface area (Å²) >= 11 is 5.81. The zero-order valence-corrected chi connectivity index (χ0v) is 14.3. The van der Waals surface area contributed by atoms with Crippen molar-refractivity contribution in [2.45, 2.75) is 13.0 Å². The van der Waals surface area contributed by atoms with Crippen LogP contribution < -0.4 is 10.6 Å². The van der Waals surface area contributed by atoms with Crippen LogP contribution in [-0.2, 0) is 14.3 Å². The van der Waals surface area contributed by atoms with E-state index in [2.05, 4.69) is 10.6 Å². The molecular weight excluding hydrogens is 354 g/mol. The van der Waals surface area contributed by atoms with Crippen molar-refractivity contribution in [2.75, 3.05) is 20.3 Å². The highest BCUT2D eigenvalue weighted by Gasteiger charge is 2.33. The predicted octanol–water partition coefficient (Wildman–Crippen LogP) is 2.07. The summed E-state index contributed by atoms with van der Waals surface area (Å²) in [6.07, 6.45) is 0. The topological polar surface area (TPSA) is 120 Å². The SMILES string of the molecule is COCCOC(=O)C1=C(C)NC(=O)NC1c1ccc(Cl)c([N+](=O)[O-])c1. The van der Waals surface area contributed by atoms with Gasteiger partial charge < -0.3 is 20.1 Å². The number of carbonyl (C=O) groups is 2. The third-order valence-corrected chi connectivity index (χ3v) is 3.83. The lowest BCUT2D eigenvalue weighted by atomic mass is 9.95. The molecule has 25 heavy (non-hydrogen) atoms. The molecule has 10 heteroatoms. The number of methoxy groups -OCH3 is 1. The minimum absolute atomic E-state index is 0.0353. The van der Waals surface area contributed by atoms with Crippen LogP contribution in [0.15, 0.2) is 29.5 Å². The number of urea groups is 1. The highest BCUT2D eigenvalue weighted by Crippen LogP contribution is 2.32. The van der Waals surface area contributed by atoms with Crippen molar-refractivity contribution in [3.05, 3.63) is 50.2 Å². The fourth-order valence-electron chi connectivity index (χ4n) is 2.36. The van der Waals surface area contributed by atoms with Crippen molar-refractivity contribution in [3.8, 4) is 0 Å². The first-order valence-corrected chi connectivity index (χ1v) is 7.61. The molecule has 1 atom stereocenters. The van der Waals surface area contributed by atoms with Crippen LogP contribution in [0.1, 0.15) is 18.5 Å². The van der Waals surface area contributed by atoms with E-state index in [4.69, 9.17) is 21.1 Å². The Morgan fingerprint density at radius 1 is 1.40 bits per heavy atom. The number of halogens is 1. The number of carbonyl (C=O) groups excluding carboxylic acids is 2. The Hall–Kier alpha value is -2.65. The molecular formula is C15H16ClN3O6. The molecule has 9 nitrogen and oxygen atoms in total. The highest BCUT2D eigenvalue weighted by molar-refractivity contribution is 6.32. The second-order valence-electron chi connectivity index (χ2n) is 5.17. The van der Waals surface area contributed by atoms with E-state index in [-0.39, 0.29) is 29.5 Å². The van der Waals surface area contributed by atoms with Gasteiger partial charge in [-0.2, -0.15) is 0 Å². The summed E-state index contributed by atoms with van der Waals surface area (Å²) in [6.45, 7) is 1.80. The smallest absolute Gasteiger partial charge is 0.338 e. The molecule has 0 radical (unpaired) electrons. The van der Waals surface area contributed by atoms with E-state index < -0.39 is 23.0 Å². The lowest BCUT2D eigenvalue weighted by molar-refractivity contribution is -0.384. The maximum absolute atomic E-state index is 12.4. The summed E-state index contributed by atoms with van der Waals surface area (Å²) in [6, 6.07) is 2.62. The number of nitrogens with zero attached hydrogens (tertiary/aromatic N) is 1. The molecule has 1 aliphatic heterocycles. The summed E-state index contributed by atoms with van der Waals surface area (Å²) in [5, 5.41) is 16.1. The summed E-state index contributed by atoms with van der Waals surface area (Å²) in [5.41, 5.74) is 0.460. The lowest BCUT2D eigenvalue weighted by Gasteiger charge is -2.28. The van der Waals surface area contributed by atoms with Crippen LogP contribution in [0.2, 0.25) is 5.02 Å². The van der Waals surface area contributed by atoms with Gasteiger partial charge in [0.05, 0.1) is 23.1 Å². The molecule has 0 aromatic heterocycles. The van der Waals surface area contributed by atoms with Gasteiger partial charge in [-0.25, -0.2) is 9.59 Å². The largest absolute Gasteiger partial charge is 0.460 e. The lowest BCUT2D eigenvalue weighted by Crippen LogP contribution is -2.45. The Labute approximate surface area is 148 Å².